The molecule has 1 aliphatic rings. The Morgan fingerprint density at radius 1 is 1.11 bits per heavy atom. The minimum Gasteiger partial charge on any atom is -0.396 e. The molecule has 11 heteroatoms. The molecule has 0 spiro atoms. The van der Waals surface area contributed by atoms with Gasteiger partial charge in [0, 0.05) is 30.1 Å². The molecule has 0 bridgehead atoms. The first-order valence-electron chi connectivity index (χ1n) is 11.5. The molecular formula is C24H28N6O3S2. The Balaban J connectivity index is 1.47. The third-order valence-electron chi connectivity index (χ3n) is 6.46. The second-order valence-corrected chi connectivity index (χ2v) is 10.9. The number of anilines is 2. The number of aromatic nitrogens is 4. The zero-order valence-electron chi connectivity index (χ0n) is 19.5. The van der Waals surface area contributed by atoms with E-state index in [1.165, 1.54) is 21.8 Å². The van der Waals surface area contributed by atoms with Gasteiger partial charge in [-0.2, -0.15) is 4.98 Å². The first-order chi connectivity index (χ1) is 16.9. The van der Waals surface area contributed by atoms with Crippen molar-refractivity contribution in [1.82, 2.24) is 19.9 Å². The van der Waals surface area contributed by atoms with Crippen LogP contribution in [0.3, 0.4) is 0 Å². The van der Waals surface area contributed by atoms with E-state index in [0.29, 0.717) is 24.7 Å². The van der Waals surface area contributed by atoms with Crippen LogP contribution in [0.1, 0.15) is 22.6 Å². The number of nitrogens with one attached hydrogen (secondary N) is 2. The summed E-state index contributed by atoms with van der Waals surface area (Å²) in [5, 5.41) is 40.0. The van der Waals surface area contributed by atoms with Crippen molar-refractivity contribution in [1.29, 1.82) is 0 Å². The average molecular weight is 513 g/mol. The summed E-state index contributed by atoms with van der Waals surface area (Å²) in [4.78, 5) is 19.7. The van der Waals surface area contributed by atoms with Crippen molar-refractivity contribution in [3.8, 4) is 10.6 Å². The predicted octanol–water partition coefficient (Wildman–Crippen LogP) is 3.00. The minimum atomic E-state index is -1.02. The average Bonchev–Trinajstić information content (AvgIpc) is 3.52. The van der Waals surface area contributed by atoms with E-state index >= 15 is 0 Å². The molecule has 4 aromatic rings. The summed E-state index contributed by atoms with van der Waals surface area (Å²) in [7, 11) is 0. The molecule has 0 aromatic carbocycles. The summed E-state index contributed by atoms with van der Waals surface area (Å²) in [6.07, 6.45) is 2.74. The SMILES string of the molecule is Cc1ccsc1CCNc1nc(C)c(-c2nc3cnccc3s2)c(N[C@@H]2C[C@H](CO)[C@@H](O)[C@H]2O)n1. The highest BCUT2D eigenvalue weighted by atomic mass is 32.1. The molecule has 1 saturated carbocycles. The van der Waals surface area contributed by atoms with Crippen LogP contribution in [0.5, 0.6) is 0 Å². The predicted molar refractivity (Wildman–Crippen MR) is 139 cm³/mol. The highest BCUT2D eigenvalue weighted by molar-refractivity contribution is 7.21. The van der Waals surface area contributed by atoms with Crippen molar-refractivity contribution < 1.29 is 15.3 Å². The number of aliphatic hydroxyl groups is 3. The summed E-state index contributed by atoms with van der Waals surface area (Å²) in [5.41, 5.74) is 3.57. The molecule has 0 aliphatic heterocycles. The molecule has 1 aliphatic carbocycles. The molecule has 0 amide bonds. The van der Waals surface area contributed by atoms with E-state index in [1.807, 2.05) is 13.0 Å². The van der Waals surface area contributed by atoms with E-state index in [1.54, 1.807) is 23.7 Å². The number of fused-ring (bicyclic) bond motifs is 1. The molecular weight excluding hydrogens is 484 g/mol. The van der Waals surface area contributed by atoms with Crippen LogP contribution in [-0.2, 0) is 6.42 Å². The maximum absolute atomic E-state index is 10.6. The number of aliphatic hydroxyl groups excluding tert-OH is 3. The molecule has 4 heterocycles. The van der Waals surface area contributed by atoms with Crippen molar-refractivity contribution in [3.63, 3.8) is 0 Å². The number of aryl methyl sites for hydroxylation is 2. The van der Waals surface area contributed by atoms with Crippen LogP contribution in [0.25, 0.3) is 20.8 Å². The van der Waals surface area contributed by atoms with E-state index in [0.717, 1.165) is 32.9 Å². The Kier molecular flexibility index (Phi) is 6.94. The molecule has 4 aromatic heterocycles. The first kappa shape index (κ1) is 24.0. The van der Waals surface area contributed by atoms with Gasteiger partial charge in [-0.05, 0) is 49.8 Å². The molecule has 0 radical (unpaired) electrons. The second kappa shape index (κ2) is 10.1. The standard InChI is InChI=1S/C24H28N6O3S2/c1-12-5-8-34-17(12)4-7-26-24-27-13(2)19(23-29-16-10-25-6-3-18(16)35-23)22(30-24)28-15-9-14(11-31)20(32)21(15)33/h3,5-6,8,10,14-15,20-21,31-33H,4,7,9,11H2,1-2H3,(H2,26,27,28,30)/t14-,15-,20-,21+/m1/s1. The maximum Gasteiger partial charge on any atom is 0.224 e. The van der Waals surface area contributed by atoms with Gasteiger partial charge in [0.25, 0.3) is 0 Å². The lowest BCUT2D eigenvalue weighted by molar-refractivity contribution is 0.00446. The summed E-state index contributed by atoms with van der Waals surface area (Å²) in [5.74, 6) is 0.626. The van der Waals surface area contributed by atoms with Gasteiger partial charge >= 0.3 is 0 Å². The summed E-state index contributed by atoms with van der Waals surface area (Å²) in [6, 6.07) is 3.57. The van der Waals surface area contributed by atoms with Crippen LogP contribution >= 0.6 is 22.7 Å². The molecule has 5 rings (SSSR count). The van der Waals surface area contributed by atoms with Crippen LogP contribution in [0.2, 0.25) is 0 Å². The van der Waals surface area contributed by atoms with Gasteiger partial charge in [-0.15, -0.1) is 22.7 Å². The van der Waals surface area contributed by atoms with Crippen LogP contribution in [0.15, 0.2) is 29.9 Å². The molecule has 184 valence electrons. The van der Waals surface area contributed by atoms with Crippen LogP contribution < -0.4 is 10.6 Å². The minimum absolute atomic E-state index is 0.189. The van der Waals surface area contributed by atoms with Gasteiger partial charge in [0.2, 0.25) is 5.95 Å². The zero-order valence-corrected chi connectivity index (χ0v) is 21.1. The highest BCUT2D eigenvalue weighted by Gasteiger charge is 2.41. The Hall–Kier alpha value is -2.70. The van der Waals surface area contributed by atoms with Crippen molar-refractivity contribution in [2.24, 2.45) is 5.92 Å². The van der Waals surface area contributed by atoms with Gasteiger partial charge in [0.15, 0.2) is 0 Å². The number of hydrogen-bond donors (Lipinski definition) is 5. The number of rotatable bonds is 8. The van der Waals surface area contributed by atoms with Gasteiger partial charge in [-0.1, -0.05) is 0 Å². The van der Waals surface area contributed by atoms with E-state index in [-0.39, 0.29) is 6.61 Å². The third kappa shape index (κ3) is 4.87. The summed E-state index contributed by atoms with van der Waals surface area (Å²) >= 11 is 3.26. The van der Waals surface area contributed by atoms with Gasteiger partial charge in [-0.25, -0.2) is 9.97 Å². The van der Waals surface area contributed by atoms with E-state index in [2.05, 4.69) is 34.0 Å². The number of thiophene rings is 1. The van der Waals surface area contributed by atoms with E-state index in [9.17, 15) is 15.3 Å². The molecule has 4 atom stereocenters. The number of pyridine rings is 1. The van der Waals surface area contributed by atoms with Crippen LogP contribution in [0.4, 0.5) is 11.8 Å². The molecule has 0 unspecified atom stereocenters. The number of nitrogens with zero attached hydrogens (tertiary/aromatic N) is 4. The lowest BCUT2D eigenvalue weighted by Gasteiger charge is -2.21. The number of thiazole rings is 1. The van der Waals surface area contributed by atoms with E-state index < -0.39 is 24.2 Å². The largest absolute Gasteiger partial charge is 0.396 e. The Morgan fingerprint density at radius 3 is 2.69 bits per heavy atom. The van der Waals surface area contributed by atoms with Gasteiger partial charge < -0.3 is 26.0 Å². The molecule has 9 nitrogen and oxygen atoms in total. The summed E-state index contributed by atoms with van der Waals surface area (Å²) in [6.45, 7) is 4.52. The lowest BCUT2D eigenvalue weighted by Crippen LogP contribution is -2.35. The van der Waals surface area contributed by atoms with Crippen molar-refractivity contribution in [2.45, 2.75) is 44.9 Å². The van der Waals surface area contributed by atoms with Gasteiger partial charge in [0.05, 0.1) is 34.3 Å². The van der Waals surface area contributed by atoms with Crippen molar-refractivity contribution in [3.05, 3.63) is 46.0 Å². The maximum atomic E-state index is 10.6. The first-order valence-corrected chi connectivity index (χ1v) is 13.2. The number of hydrogen-bond acceptors (Lipinski definition) is 11. The fraction of sp³-hybridized carbons (Fsp3) is 0.417. The van der Waals surface area contributed by atoms with Crippen molar-refractivity contribution >= 4 is 44.7 Å². The molecule has 0 saturated heterocycles. The second-order valence-electron chi connectivity index (χ2n) is 8.83. The monoisotopic (exact) mass is 512 g/mol. The normalized spacial score (nSPS) is 22.1. The Bertz CT molecular complexity index is 1290. The third-order valence-corrected chi connectivity index (χ3v) is 8.59. The summed E-state index contributed by atoms with van der Waals surface area (Å²) < 4.78 is 1.01. The van der Waals surface area contributed by atoms with Crippen LogP contribution in [-0.4, -0.2) is 66.7 Å². The Morgan fingerprint density at radius 2 is 1.97 bits per heavy atom. The van der Waals surface area contributed by atoms with Crippen LogP contribution in [0, 0.1) is 19.8 Å². The molecule has 1 fully saturated rings. The quantitative estimate of drug-likeness (QED) is 0.241. The topological polar surface area (TPSA) is 136 Å². The Labute approximate surface area is 211 Å². The van der Waals surface area contributed by atoms with E-state index in [4.69, 9.17) is 15.0 Å². The van der Waals surface area contributed by atoms with Gasteiger partial charge in [0.1, 0.15) is 22.4 Å². The fourth-order valence-electron chi connectivity index (χ4n) is 4.47. The molecule has 5 N–H and O–H groups in total. The molecule has 35 heavy (non-hydrogen) atoms. The van der Waals surface area contributed by atoms with Crippen molar-refractivity contribution in [2.75, 3.05) is 23.8 Å². The lowest BCUT2D eigenvalue weighted by atomic mass is 10.1. The fourth-order valence-corrected chi connectivity index (χ4v) is 6.41. The smallest absolute Gasteiger partial charge is 0.224 e. The van der Waals surface area contributed by atoms with Gasteiger partial charge in [-0.3, -0.25) is 4.98 Å². The zero-order chi connectivity index (χ0) is 24.5. The highest BCUT2D eigenvalue weighted by Crippen LogP contribution is 2.38.